The molecule has 0 spiro atoms. The minimum atomic E-state index is 0.675. The first-order valence-corrected chi connectivity index (χ1v) is 7.29. The Kier molecular flexibility index (Phi) is 2.74. The summed E-state index contributed by atoms with van der Waals surface area (Å²) < 4.78 is 0. The van der Waals surface area contributed by atoms with E-state index in [1.807, 2.05) is 12.3 Å². The molecule has 4 rings (SSSR count). The van der Waals surface area contributed by atoms with Crippen LogP contribution in [-0.2, 0) is 0 Å². The summed E-state index contributed by atoms with van der Waals surface area (Å²) >= 11 is 0. The maximum atomic E-state index is 4.64. The number of benzene rings is 1. The van der Waals surface area contributed by atoms with E-state index in [2.05, 4.69) is 58.2 Å². The molecule has 3 heteroatoms. The zero-order chi connectivity index (χ0) is 13.5. The van der Waals surface area contributed by atoms with Crippen molar-refractivity contribution >= 4 is 5.69 Å². The molecule has 102 valence electrons. The number of piperazine rings is 1. The van der Waals surface area contributed by atoms with Crippen molar-refractivity contribution in [1.29, 1.82) is 0 Å². The predicted molar refractivity (Wildman–Crippen MR) is 81.8 cm³/mol. The van der Waals surface area contributed by atoms with Crippen LogP contribution in [0.3, 0.4) is 0 Å². The number of hydrogen-bond acceptors (Lipinski definition) is 3. The summed E-state index contributed by atoms with van der Waals surface area (Å²) in [4.78, 5) is 9.64. The van der Waals surface area contributed by atoms with E-state index >= 15 is 0 Å². The van der Waals surface area contributed by atoms with Gasteiger partial charge >= 0.3 is 0 Å². The molecule has 2 aliphatic rings. The van der Waals surface area contributed by atoms with Crippen molar-refractivity contribution in [3.63, 3.8) is 0 Å². The normalized spacial score (nSPS) is 25.4. The largest absolute Gasteiger partial charge is 0.364 e. The second-order valence-corrected chi connectivity index (χ2v) is 5.90. The number of rotatable bonds is 2. The minimum absolute atomic E-state index is 0.675. The average Bonchev–Trinajstić information content (AvgIpc) is 3.07. The molecule has 1 aromatic carbocycles. The van der Waals surface area contributed by atoms with Crippen LogP contribution in [0.5, 0.6) is 0 Å². The Balaban J connectivity index is 1.57. The first-order valence-electron chi connectivity index (χ1n) is 7.29. The number of hydrogen-bond donors (Lipinski definition) is 0. The van der Waals surface area contributed by atoms with Crippen LogP contribution >= 0.6 is 0 Å². The molecule has 2 atom stereocenters. The maximum Gasteiger partial charge on any atom is 0.0703 e. The van der Waals surface area contributed by atoms with Crippen LogP contribution in [-0.4, -0.2) is 42.1 Å². The third kappa shape index (κ3) is 1.90. The van der Waals surface area contributed by atoms with E-state index in [1.165, 1.54) is 24.2 Å². The van der Waals surface area contributed by atoms with Crippen LogP contribution in [0, 0.1) is 0 Å². The van der Waals surface area contributed by atoms with Crippen molar-refractivity contribution in [2.75, 3.05) is 25.0 Å². The van der Waals surface area contributed by atoms with Gasteiger partial charge in [-0.2, -0.15) is 0 Å². The van der Waals surface area contributed by atoms with Gasteiger partial charge in [-0.05, 0) is 25.6 Å². The minimum Gasteiger partial charge on any atom is -0.364 e. The fraction of sp³-hybridized carbons (Fsp3) is 0.353. The standard InChI is InChI=1S/C17H19N3/c1-19-11-16-9-15(19)12-20(16)14-7-8-17(18-10-14)13-5-3-2-4-6-13/h2-8,10,15-16H,9,11-12H2,1H3. The van der Waals surface area contributed by atoms with E-state index in [-0.39, 0.29) is 0 Å². The highest BCUT2D eigenvalue weighted by Gasteiger charge is 2.41. The van der Waals surface area contributed by atoms with Gasteiger partial charge in [0.2, 0.25) is 0 Å². The van der Waals surface area contributed by atoms with Crippen LogP contribution in [0.15, 0.2) is 48.7 Å². The van der Waals surface area contributed by atoms with E-state index < -0.39 is 0 Å². The number of likely N-dealkylation sites (N-methyl/N-ethyl adjacent to an activating group) is 1. The second-order valence-electron chi connectivity index (χ2n) is 5.90. The Morgan fingerprint density at radius 1 is 1.00 bits per heavy atom. The van der Waals surface area contributed by atoms with E-state index in [0.29, 0.717) is 6.04 Å². The summed E-state index contributed by atoms with van der Waals surface area (Å²) in [5, 5.41) is 0. The third-order valence-corrected chi connectivity index (χ3v) is 4.66. The molecule has 3 nitrogen and oxygen atoms in total. The summed E-state index contributed by atoms with van der Waals surface area (Å²) in [6, 6.07) is 16.1. The first kappa shape index (κ1) is 11.9. The average molecular weight is 265 g/mol. The summed E-state index contributed by atoms with van der Waals surface area (Å²) in [5.41, 5.74) is 3.50. The van der Waals surface area contributed by atoms with Gasteiger partial charge in [0.1, 0.15) is 0 Å². The summed E-state index contributed by atoms with van der Waals surface area (Å²) in [7, 11) is 2.23. The fourth-order valence-corrected chi connectivity index (χ4v) is 3.52. The van der Waals surface area contributed by atoms with Crippen LogP contribution in [0.1, 0.15) is 6.42 Å². The SMILES string of the molecule is CN1CC2CC1CN2c1ccc(-c2ccccc2)nc1. The topological polar surface area (TPSA) is 19.4 Å². The lowest BCUT2D eigenvalue weighted by atomic mass is 10.1. The smallest absolute Gasteiger partial charge is 0.0703 e. The highest BCUT2D eigenvalue weighted by Crippen LogP contribution is 2.33. The molecular weight excluding hydrogens is 246 g/mol. The van der Waals surface area contributed by atoms with Crippen molar-refractivity contribution in [3.8, 4) is 11.3 Å². The number of pyridine rings is 1. The van der Waals surface area contributed by atoms with Crippen molar-refractivity contribution in [2.24, 2.45) is 0 Å². The Hall–Kier alpha value is -1.87. The Morgan fingerprint density at radius 2 is 1.85 bits per heavy atom. The third-order valence-electron chi connectivity index (χ3n) is 4.66. The lowest BCUT2D eigenvalue weighted by molar-refractivity contribution is 0.292. The molecule has 1 aromatic heterocycles. The molecule has 2 unspecified atom stereocenters. The molecule has 2 aromatic rings. The summed E-state index contributed by atoms with van der Waals surface area (Å²) in [6.07, 6.45) is 3.33. The molecule has 2 aliphatic heterocycles. The Bertz CT molecular complexity index is 591. The van der Waals surface area contributed by atoms with Crippen molar-refractivity contribution in [1.82, 2.24) is 9.88 Å². The van der Waals surface area contributed by atoms with Gasteiger partial charge in [-0.15, -0.1) is 0 Å². The first-order chi connectivity index (χ1) is 9.81. The summed E-state index contributed by atoms with van der Waals surface area (Å²) in [6.45, 7) is 2.33. The van der Waals surface area contributed by atoms with Gasteiger partial charge in [0, 0.05) is 30.7 Å². The number of anilines is 1. The Morgan fingerprint density at radius 3 is 2.45 bits per heavy atom. The van der Waals surface area contributed by atoms with Gasteiger partial charge in [-0.1, -0.05) is 30.3 Å². The van der Waals surface area contributed by atoms with Gasteiger partial charge in [0.05, 0.1) is 17.6 Å². The van der Waals surface area contributed by atoms with Crippen molar-refractivity contribution in [3.05, 3.63) is 48.7 Å². The van der Waals surface area contributed by atoms with Gasteiger partial charge < -0.3 is 4.90 Å². The molecule has 0 amide bonds. The number of aromatic nitrogens is 1. The number of nitrogens with zero attached hydrogens (tertiary/aromatic N) is 3. The molecule has 2 saturated heterocycles. The van der Waals surface area contributed by atoms with Crippen molar-refractivity contribution in [2.45, 2.75) is 18.5 Å². The monoisotopic (exact) mass is 265 g/mol. The van der Waals surface area contributed by atoms with E-state index in [0.717, 1.165) is 18.3 Å². The number of fused-ring (bicyclic) bond motifs is 2. The molecule has 0 N–H and O–H groups in total. The van der Waals surface area contributed by atoms with E-state index in [4.69, 9.17) is 0 Å². The van der Waals surface area contributed by atoms with E-state index in [9.17, 15) is 0 Å². The number of likely N-dealkylation sites (tertiary alicyclic amines) is 1. The molecule has 2 bridgehead atoms. The van der Waals surface area contributed by atoms with E-state index in [1.54, 1.807) is 0 Å². The van der Waals surface area contributed by atoms with Crippen LogP contribution in [0.4, 0.5) is 5.69 Å². The lowest BCUT2D eigenvalue weighted by Gasteiger charge is -2.33. The predicted octanol–water partition coefficient (Wildman–Crippen LogP) is 2.64. The maximum absolute atomic E-state index is 4.64. The second kappa shape index (κ2) is 4.60. The molecule has 0 aliphatic carbocycles. The van der Waals surface area contributed by atoms with Gasteiger partial charge in [-0.3, -0.25) is 9.88 Å². The van der Waals surface area contributed by atoms with Gasteiger partial charge in [0.25, 0.3) is 0 Å². The Labute approximate surface area is 119 Å². The quantitative estimate of drug-likeness (QED) is 0.832. The van der Waals surface area contributed by atoms with Crippen LogP contribution in [0.25, 0.3) is 11.3 Å². The highest BCUT2D eigenvalue weighted by molar-refractivity contribution is 5.61. The highest BCUT2D eigenvalue weighted by atomic mass is 15.3. The molecule has 3 heterocycles. The molecule has 0 saturated carbocycles. The fourth-order valence-electron chi connectivity index (χ4n) is 3.52. The van der Waals surface area contributed by atoms with Crippen LogP contribution < -0.4 is 4.90 Å². The van der Waals surface area contributed by atoms with Gasteiger partial charge in [0.15, 0.2) is 0 Å². The molecule has 2 fully saturated rings. The van der Waals surface area contributed by atoms with Crippen LogP contribution in [0.2, 0.25) is 0 Å². The van der Waals surface area contributed by atoms with Crippen molar-refractivity contribution < 1.29 is 0 Å². The zero-order valence-corrected chi connectivity index (χ0v) is 11.7. The van der Waals surface area contributed by atoms with Gasteiger partial charge in [-0.25, -0.2) is 0 Å². The molecule has 20 heavy (non-hydrogen) atoms. The zero-order valence-electron chi connectivity index (χ0n) is 11.7. The molecular formula is C17H19N3. The summed E-state index contributed by atoms with van der Waals surface area (Å²) in [5.74, 6) is 0. The lowest BCUT2D eigenvalue weighted by Crippen LogP contribution is -2.44. The molecule has 0 radical (unpaired) electrons.